The lowest BCUT2D eigenvalue weighted by Crippen LogP contribution is -2.31. The van der Waals surface area contributed by atoms with Crippen molar-refractivity contribution in [1.29, 1.82) is 0 Å². The monoisotopic (exact) mass is 332 g/mol. The second kappa shape index (κ2) is 6.34. The number of hydrogen-bond acceptors (Lipinski definition) is 3. The molecule has 0 aliphatic rings. The van der Waals surface area contributed by atoms with Crippen molar-refractivity contribution in [2.24, 2.45) is 0 Å². The fourth-order valence-corrected chi connectivity index (χ4v) is 3.15. The minimum Gasteiger partial charge on any atom is -0.350 e. The largest absolute Gasteiger partial charge is 0.350 e. The highest BCUT2D eigenvalue weighted by molar-refractivity contribution is 7.17. The maximum Gasteiger partial charge on any atom is 0.259 e. The first-order valence-electron chi connectivity index (χ1n) is 6.72. The van der Waals surface area contributed by atoms with E-state index >= 15 is 0 Å². The minimum atomic E-state index is -0.225. The summed E-state index contributed by atoms with van der Waals surface area (Å²) in [5.74, 6) is -0.225. The lowest BCUT2D eigenvalue weighted by atomic mass is 10.2. The van der Waals surface area contributed by atoms with Gasteiger partial charge in [0.05, 0.1) is 5.39 Å². The smallest absolute Gasteiger partial charge is 0.259 e. The second-order valence-electron chi connectivity index (χ2n) is 4.82. The first-order valence-corrected chi connectivity index (χ1v) is 7.97. The van der Waals surface area contributed by atoms with Crippen LogP contribution in [0.3, 0.4) is 0 Å². The fourth-order valence-electron chi connectivity index (χ4n) is 2.18. The van der Waals surface area contributed by atoms with Crippen molar-refractivity contribution in [1.82, 2.24) is 9.88 Å². The van der Waals surface area contributed by atoms with Crippen LogP contribution in [0.2, 0.25) is 5.02 Å². The van der Waals surface area contributed by atoms with Crippen LogP contribution < -0.4 is 10.9 Å². The zero-order valence-corrected chi connectivity index (χ0v) is 13.2. The molecule has 6 heteroatoms. The van der Waals surface area contributed by atoms with E-state index in [0.717, 1.165) is 10.3 Å². The molecule has 0 unspecified atom stereocenters. The number of nitrogens with one attached hydrogen (secondary N) is 1. The van der Waals surface area contributed by atoms with Gasteiger partial charge in [-0.2, -0.15) is 0 Å². The van der Waals surface area contributed by atoms with Crippen LogP contribution in [-0.4, -0.2) is 10.5 Å². The number of pyridine rings is 1. The van der Waals surface area contributed by atoms with Gasteiger partial charge in [-0.25, -0.2) is 0 Å². The average Bonchev–Trinajstić information content (AvgIpc) is 2.99. The van der Waals surface area contributed by atoms with Crippen LogP contribution in [0.15, 0.2) is 52.8 Å². The van der Waals surface area contributed by atoms with Gasteiger partial charge < -0.3 is 9.88 Å². The quantitative estimate of drug-likeness (QED) is 0.798. The van der Waals surface area contributed by atoms with Crippen molar-refractivity contribution in [3.05, 3.63) is 68.9 Å². The summed E-state index contributed by atoms with van der Waals surface area (Å²) in [4.78, 5) is 24.2. The normalized spacial score (nSPS) is 10.8. The summed E-state index contributed by atoms with van der Waals surface area (Å²) in [6.07, 6.45) is 1.65. The Bertz CT molecular complexity index is 885. The maximum atomic E-state index is 12.2. The van der Waals surface area contributed by atoms with Crippen LogP contribution in [-0.2, 0) is 17.9 Å². The van der Waals surface area contributed by atoms with Crippen LogP contribution in [0.5, 0.6) is 0 Å². The van der Waals surface area contributed by atoms with Crippen molar-refractivity contribution < 1.29 is 4.79 Å². The number of benzene rings is 1. The number of hydrogen-bond donors (Lipinski definition) is 1. The van der Waals surface area contributed by atoms with E-state index in [1.807, 2.05) is 29.6 Å². The predicted molar refractivity (Wildman–Crippen MR) is 89.4 cm³/mol. The third kappa shape index (κ3) is 3.05. The number of aromatic nitrogens is 1. The van der Waals surface area contributed by atoms with Gasteiger partial charge in [0.15, 0.2) is 0 Å². The molecule has 1 amide bonds. The number of halogens is 1. The lowest BCUT2D eigenvalue weighted by Gasteiger charge is -2.08. The van der Waals surface area contributed by atoms with Crippen LogP contribution >= 0.6 is 22.9 Å². The average molecular weight is 333 g/mol. The summed E-state index contributed by atoms with van der Waals surface area (Å²) >= 11 is 7.55. The molecule has 0 fully saturated rings. The SMILES string of the molecule is O=C(Cn1ccc2sccc2c1=O)NCc1ccccc1Cl. The maximum absolute atomic E-state index is 12.2. The molecule has 1 N–H and O–H groups in total. The van der Waals surface area contributed by atoms with Gasteiger partial charge in [-0.05, 0) is 29.1 Å². The second-order valence-corrected chi connectivity index (χ2v) is 6.17. The Morgan fingerprint density at radius 1 is 1.23 bits per heavy atom. The molecule has 2 heterocycles. The van der Waals surface area contributed by atoms with Gasteiger partial charge in [0.2, 0.25) is 5.91 Å². The Labute approximate surface area is 136 Å². The number of carbonyl (C=O) groups is 1. The molecule has 3 aromatic rings. The third-order valence-electron chi connectivity index (χ3n) is 3.34. The molecule has 0 aliphatic carbocycles. The molecule has 0 radical (unpaired) electrons. The first-order chi connectivity index (χ1) is 10.6. The molecule has 0 spiro atoms. The van der Waals surface area contributed by atoms with Gasteiger partial charge in [0.1, 0.15) is 6.54 Å². The molecule has 3 rings (SSSR count). The van der Waals surface area contributed by atoms with Gasteiger partial charge >= 0.3 is 0 Å². The van der Waals surface area contributed by atoms with Crippen molar-refractivity contribution in [3.63, 3.8) is 0 Å². The zero-order valence-electron chi connectivity index (χ0n) is 11.6. The standard InChI is InChI=1S/C16H13ClN2O2S/c17-13-4-2-1-3-11(13)9-18-15(20)10-19-7-5-14-12(16(19)21)6-8-22-14/h1-8H,9-10H2,(H,18,20). The van der Waals surface area contributed by atoms with Crippen LogP contribution in [0.1, 0.15) is 5.56 Å². The molecular formula is C16H13ClN2O2S. The number of amides is 1. The summed E-state index contributed by atoms with van der Waals surface area (Å²) in [6.45, 7) is 0.336. The number of nitrogens with zero attached hydrogens (tertiary/aromatic N) is 1. The molecule has 0 atom stereocenters. The molecule has 22 heavy (non-hydrogen) atoms. The van der Waals surface area contributed by atoms with E-state index in [1.54, 1.807) is 18.3 Å². The van der Waals surface area contributed by atoms with Gasteiger partial charge in [0.25, 0.3) is 5.56 Å². The number of thiophene rings is 1. The Balaban J connectivity index is 1.70. The highest BCUT2D eigenvalue weighted by Crippen LogP contribution is 2.16. The van der Waals surface area contributed by atoms with E-state index in [1.165, 1.54) is 15.9 Å². The third-order valence-corrected chi connectivity index (χ3v) is 4.59. The Kier molecular flexibility index (Phi) is 4.27. The van der Waals surface area contributed by atoms with Crippen molar-refractivity contribution >= 4 is 38.9 Å². The summed E-state index contributed by atoms with van der Waals surface area (Å²) < 4.78 is 2.34. The fraction of sp³-hybridized carbons (Fsp3) is 0.125. The van der Waals surface area contributed by atoms with Crippen molar-refractivity contribution in [3.8, 4) is 0 Å². The van der Waals surface area contributed by atoms with Gasteiger partial charge in [-0.3, -0.25) is 9.59 Å². The molecule has 0 bridgehead atoms. The van der Waals surface area contributed by atoms with Crippen LogP contribution in [0.25, 0.3) is 10.1 Å². The van der Waals surface area contributed by atoms with Crippen LogP contribution in [0.4, 0.5) is 0 Å². The lowest BCUT2D eigenvalue weighted by molar-refractivity contribution is -0.121. The van der Waals surface area contributed by atoms with Gasteiger partial charge in [-0.15, -0.1) is 11.3 Å². The molecule has 1 aromatic carbocycles. The van der Waals surface area contributed by atoms with Crippen molar-refractivity contribution in [2.75, 3.05) is 0 Å². The van der Waals surface area contributed by atoms with E-state index in [2.05, 4.69) is 5.32 Å². The predicted octanol–water partition coefficient (Wildman–Crippen LogP) is 3.03. The van der Waals surface area contributed by atoms with Gasteiger partial charge in [0, 0.05) is 22.5 Å². The summed E-state index contributed by atoms with van der Waals surface area (Å²) in [6, 6.07) is 11.0. The zero-order chi connectivity index (χ0) is 15.5. The summed E-state index contributed by atoms with van der Waals surface area (Å²) in [5, 5.41) is 5.90. The highest BCUT2D eigenvalue weighted by atomic mass is 35.5. The summed E-state index contributed by atoms with van der Waals surface area (Å²) in [7, 11) is 0. The Morgan fingerprint density at radius 3 is 2.86 bits per heavy atom. The first kappa shape index (κ1) is 14.8. The molecule has 0 saturated heterocycles. The Morgan fingerprint density at radius 2 is 2.05 bits per heavy atom. The highest BCUT2D eigenvalue weighted by Gasteiger charge is 2.08. The van der Waals surface area contributed by atoms with E-state index in [0.29, 0.717) is 17.0 Å². The van der Waals surface area contributed by atoms with Gasteiger partial charge in [-0.1, -0.05) is 29.8 Å². The molecule has 112 valence electrons. The number of fused-ring (bicyclic) bond motifs is 1. The Hall–Kier alpha value is -2.11. The topological polar surface area (TPSA) is 51.1 Å². The number of rotatable bonds is 4. The molecule has 4 nitrogen and oxygen atoms in total. The molecule has 2 aromatic heterocycles. The molecular weight excluding hydrogens is 320 g/mol. The minimum absolute atomic E-state index is 0.00489. The van der Waals surface area contributed by atoms with E-state index in [4.69, 9.17) is 11.6 Å². The molecule has 0 aliphatic heterocycles. The van der Waals surface area contributed by atoms with E-state index in [-0.39, 0.29) is 18.0 Å². The van der Waals surface area contributed by atoms with Crippen molar-refractivity contribution in [2.45, 2.75) is 13.1 Å². The number of carbonyl (C=O) groups excluding carboxylic acids is 1. The van der Waals surface area contributed by atoms with Crippen LogP contribution in [0, 0.1) is 0 Å². The summed E-state index contributed by atoms with van der Waals surface area (Å²) in [5.41, 5.74) is 0.699. The van der Waals surface area contributed by atoms with E-state index < -0.39 is 0 Å². The van der Waals surface area contributed by atoms with E-state index in [9.17, 15) is 9.59 Å². The molecule has 0 saturated carbocycles.